The fourth-order valence-corrected chi connectivity index (χ4v) is 2.42. The Labute approximate surface area is 95.9 Å². The van der Waals surface area contributed by atoms with E-state index in [-0.39, 0.29) is 17.8 Å². The van der Waals surface area contributed by atoms with Crippen LogP contribution in [0.2, 0.25) is 0 Å². The fourth-order valence-electron chi connectivity index (χ4n) is 2.42. The number of rotatable bonds is 3. The van der Waals surface area contributed by atoms with Crippen LogP contribution in [0.3, 0.4) is 0 Å². The standard InChI is InChI=1S/C12H19NO3/c1-16-12(15)10-5-6-13(8-10)11(14)7-9-3-2-4-9/h9-10H,2-8H2,1H3. The van der Waals surface area contributed by atoms with E-state index in [0.717, 1.165) is 6.42 Å². The van der Waals surface area contributed by atoms with E-state index in [4.69, 9.17) is 4.74 Å². The summed E-state index contributed by atoms with van der Waals surface area (Å²) in [7, 11) is 1.40. The third-order valence-corrected chi connectivity index (χ3v) is 3.76. The molecule has 0 radical (unpaired) electrons. The molecule has 1 saturated carbocycles. The summed E-state index contributed by atoms with van der Waals surface area (Å²) in [5.41, 5.74) is 0. The highest BCUT2D eigenvalue weighted by molar-refractivity contribution is 5.79. The first-order valence-electron chi connectivity index (χ1n) is 6.06. The van der Waals surface area contributed by atoms with Gasteiger partial charge in [-0.25, -0.2) is 0 Å². The lowest BCUT2D eigenvalue weighted by Crippen LogP contribution is -2.32. The van der Waals surface area contributed by atoms with Gasteiger partial charge in [0.05, 0.1) is 13.0 Å². The molecule has 0 aromatic heterocycles. The SMILES string of the molecule is COC(=O)C1CCN(C(=O)CC2CCC2)C1. The number of carbonyl (C=O) groups is 2. The topological polar surface area (TPSA) is 46.6 Å². The zero-order valence-electron chi connectivity index (χ0n) is 9.78. The Morgan fingerprint density at radius 3 is 2.62 bits per heavy atom. The number of carbonyl (C=O) groups excluding carboxylic acids is 2. The molecule has 2 aliphatic rings. The summed E-state index contributed by atoms with van der Waals surface area (Å²) in [6.45, 7) is 1.27. The molecule has 0 aromatic carbocycles. The van der Waals surface area contributed by atoms with E-state index in [2.05, 4.69) is 0 Å². The van der Waals surface area contributed by atoms with E-state index in [9.17, 15) is 9.59 Å². The number of nitrogens with zero attached hydrogens (tertiary/aromatic N) is 1. The highest BCUT2D eigenvalue weighted by Gasteiger charge is 2.33. The molecule has 4 nitrogen and oxygen atoms in total. The molecule has 0 spiro atoms. The molecule has 1 aliphatic carbocycles. The van der Waals surface area contributed by atoms with Gasteiger partial charge in [0.25, 0.3) is 0 Å². The average molecular weight is 225 g/mol. The summed E-state index contributed by atoms with van der Waals surface area (Å²) >= 11 is 0. The summed E-state index contributed by atoms with van der Waals surface area (Å²) in [5, 5.41) is 0. The molecule has 1 amide bonds. The highest BCUT2D eigenvalue weighted by Crippen LogP contribution is 2.30. The first-order chi connectivity index (χ1) is 7.70. The Hall–Kier alpha value is -1.06. The van der Waals surface area contributed by atoms with Gasteiger partial charge in [-0.2, -0.15) is 0 Å². The maximum Gasteiger partial charge on any atom is 0.310 e. The number of ether oxygens (including phenoxy) is 1. The number of esters is 1. The van der Waals surface area contributed by atoms with Gasteiger partial charge in [0.1, 0.15) is 0 Å². The van der Waals surface area contributed by atoms with Crippen LogP contribution < -0.4 is 0 Å². The second kappa shape index (κ2) is 4.85. The normalized spacial score (nSPS) is 25.3. The first kappa shape index (κ1) is 11.4. The Balaban J connectivity index is 1.78. The van der Waals surface area contributed by atoms with Crippen molar-refractivity contribution in [3.05, 3.63) is 0 Å². The molecule has 4 heteroatoms. The van der Waals surface area contributed by atoms with Crippen molar-refractivity contribution in [1.29, 1.82) is 0 Å². The number of hydrogen-bond donors (Lipinski definition) is 0. The van der Waals surface area contributed by atoms with Crippen LogP contribution in [0, 0.1) is 11.8 Å². The minimum absolute atomic E-state index is 0.102. The summed E-state index contributed by atoms with van der Waals surface area (Å²) in [4.78, 5) is 25.0. The quantitative estimate of drug-likeness (QED) is 0.678. The number of hydrogen-bond acceptors (Lipinski definition) is 3. The van der Waals surface area contributed by atoms with E-state index in [0.29, 0.717) is 25.4 Å². The second-order valence-corrected chi connectivity index (χ2v) is 4.85. The van der Waals surface area contributed by atoms with Crippen LogP contribution >= 0.6 is 0 Å². The van der Waals surface area contributed by atoms with E-state index in [1.54, 1.807) is 0 Å². The van der Waals surface area contributed by atoms with Gasteiger partial charge in [-0.1, -0.05) is 6.42 Å². The third kappa shape index (κ3) is 2.36. The van der Waals surface area contributed by atoms with Gasteiger partial charge in [0, 0.05) is 19.5 Å². The van der Waals surface area contributed by atoms with Gasteiger partial charge in [-0.15, -0.1) is 0 Å². The number of methoxy groups -OCH3 is 1. The third-order valence-electron chi connectivity index (χ3n) is 3.76. The molecule has 0 aromatic rings. The van der Waals surface area contributed by atoms with E-state index >= 15 is 0 Å². The molecule has 2 fully saturated rings. The summed E-state index contributed by atoms with van der Waals surface area (Å²) in [6.07, 6.45) is 5.08. The van der Waals surface area contributed by atoms with Crippen LogP contribution in [0.25, 0.3) is 0 Å². The van der Waals surface area contributed by atoms with Crippen molar-refractivity contribution in [2.24, 2.45) is 11.8 Å². The predicted molar refractivity (Wildman–Crippen MR) is 58.7 cm³/mol. The van der Waals surface area contributed by atoms with Crippen molar-refractivity contribution in [2.75, 3.05) is 20.2 Å². The maximum absolute atomic E-state index is 11.9. The molecule has 0 N–H and O–H groups in total. The van der Waals surface area contributed by atoms with Crippen LogP contribution in [0.5, 0.6) is 0 Å². The number of amides is 1. The van der Waals surface area contributed by atoms with E-state index in [1.165, 1.54) is 26.4 Å². The molecule has 1 unspecified atom stereocenters. The lowest BCUT2D eigenvalue weighted by molar-refractivity contribution is -0.145. The van der Waals surface area contributed by atoms with Gasteiger partial charge in [-0.3, -0.25) is 9.59 Å². The van der Waals surface area contributed by atoms with E-state index in [1.807, 2.05) is 4.90 Å². The van der Waals surface area contributed by atoms with Crippen molar-refractivity contribution in [1.82, 2.24) is 4.90 Å². The van der Waals surface area contributed by atoms with Gasteiger partial charge in [0.15, 0.2) is 0 Å². The molecular weight excluding hydrogens is 206 g/mol. The van der Waals surface area contributed by atoms with Crippen LogP contribution in [0.15, 0.2) is 0 Å². The van der Waals surface area contributed by atoms with Gasteiger partial charge in [0.2, 0.25) is 5.91 Å². The lowest BCUT2D eigenvalue weighted by atomic mass is 9.83. The van der Waals surface area contributed by atoms with Crippen LogP contribution in [-0.2, 0) is 14.3 Å². The zero-order valence-corrected chi connectivity index (χ0v) is 9.78. The van der Waals surface area contributed by atoms with Crippen LogP contribution in [-0.4, -0.2) is 37.0 Å². The minimum Gasteiger partial charge on any atom is -0.469 e. The molecule has 0 bridgehead atoms. The Bertz CT molecular complexity index is 286. The average Bonchev–Trinajstić information content (AvgIpc) is 2.71. The van der Waals surface area contributed by atoms with Gasteiger partial charge < -0.3 is 9.64 Å². The number of likely N-dealkylation sites (tertiary alicyclic amines) is 1. The molecular formula is C12H19NO3. The van der Waals surface area contributed by atoms with Gasteiger partial charge >= 0.3 is 5.97 Å². The smallest absolute Gasteiger partial charge is 0.310 e. The Morgan fingerprint density at radius 1 is 1.31 bits per heavy atom. The lowest BCUT2D eigenvalue weighted by Gasteiger charge is -2.27. The molecule has 1 heterocycles. The molecule has 1 aliphatic heterocycles. The fraction of sp³-hybridized carbons (Fsp3) is 0.833. The van der Waals surface area contributed by atoms with Gasteiger partial charge in [-0.05, 0) is 25.2 Å². The summed E-state index contributed by atoms with van der Waals surface area (Å²) in [5.74, 6) is 0.537. The van der Waals surface area contributed by atoms with Crippen LogP contribution in [0.4, 0.5) is 0 Å². The molecule has 90 valence electrons. The second-order valence-electron chi connectivity index (χ2n) is 4.85. The van der Waals surface area contributed by atoms with Crippen molar-refractivity contribution >= 4 is 11.9 Å². The predicted octanol–water partition coefficient (Wildman–Crippen LogP) is 1.20. The zero-order chi connectivity index (χ0) is 11.5. The molecule has 1 saturated heterocycles. The monoisotopic (exact) mass is 225 g/mol. The van der Waals surface area contributed by atoms with Crippen molar-refractivity contribution < 1.29 is 14.3 Å². The summed E-state index contributed by atoms with van der Waals surface area (Å²) in [6, 6.07) is 0. The van der Waals surface area contributed by atoms with Crippen molar-refractivity contribution in [2.45, 2.75) is 32.1 Å². The van der Waals surface area contributed by atoms with Crippen LogP contribution in [0.1, 0.15) is 32.1 Å². The molecule has 16 heavy (non-hydrogen) atoms. The van der Waals surface area contributed by atoms with E-state index < -0.39 is 0 Å². The molecule has 1 atom stereocenters. The highest BCUT2D eigenvalue weighted by atomic mass is 16.5. The Morgan fingerprint density at radius 2 is 2.06 bits per heavy atom. The summed E-state index contributed by atoms with van der Waals surface area (Å²) < 4.78 is 4.70. The largest absolute Gasteiger partial charge is 0.469 e. The van der Waals surface area contributed by atoms with Crippen molar-refractivity contribution in [3.63, 3.8) is 0 Å². The Kier molecular flexibility index (Phi) is 3.46. The molecule has 2 rings (SSSR count). The maximum atomic E-state index is 11.9. The van der Waals surface area contributed by atoms with Crippen molar-refractivity contribution in [3.8, 4) is 0 Å². The minimum atomic E-state index is -0.182. The first-order valence-corrected chi connectivity index (χ1v) is 6.06.